The van der Waals surface area contributed by atoms with Crippen molar-refractivity contribution in [3.63, 3.8) is 0 Å². The molecule has 0 aromatic carbocycles. The Morgan fingerprint density at radius 2 is 2.25 bits per heavy atom. The summed E-state index contributed by atoms with van der Waals surface area (Å²) in [5, 5.41) is 12.4. The highest BCUT2D eigenvalue weighted by Gasteiger charge is 2.53. The van der Waals surface area contributed by atoms with Crippen LogP contribution >= 0.6 is 11.6 Å². The van der Waals surface area contributed by atoms with Gasteiger partial charge in [-0.1, -0.05) is 25.1 Å². The first-order valence-electron chi connectivity index (χ1n) is 9.01. The van der Waals surface area contributed by atoms with Gasteiger partial charge in [0, 0.05) is 12.1 Å². The van der Waals surface area contributed by atoms with Gasteiger partial charge in [-0.15, -0.1) is 11.6 Å². The molecule has 1 aromatic rings. The van der Waals surface area contributed by atoms with E-state index in [1.165, 1.54) is 6.08 Å². The topological polar surface area (TPSA) is 115 Å². The maximum Gasteiger partial charge on any atom is 0.325 e. The lowest BCUT2D eigenvalue weighted by molar-refractivity contribution is -0.135. The normalized spacial score (nSPS) is 22.1. The molecular weight excluding hydrogens is 387 g/mol. The van der Waals surface area contributed by atoms with Crippen molar-refractivity contribution in [3.8, 4) is 0 Å². The molecule has 1 saturated carbocycles. The van der Waals surface area contributed by atoms with Crippen LogP contribution in [0.3, 0.4) is 0 Å². The molecule has 2 aliphatic carbocycles. The molecule has 3 rings (SSSR count). The zero-order valence-corrected chi connectivity index (χ0v) is 16.4. The molecule has 28 heavy (non-hydrogen) atoms. The van der Waals surface area contributed by atoms with E-state index in [4.69, 9.17) is 27.0 Å². The predicted molar refractivity (Wildman–Crippen MR) is 104 cm³/mol. The fourth-order valence-electron chi connectivity index (χ4n) is 3.17. The van der Waals surface area contributed by atoms with E-state index in [1.54, 1.807) is 12.2 Å². The Hall–Kier alpha value is -2.48. The number of allylic oxidation sites excluding steroid dienone is 5. The minimum Gasteiger partial charge on any atom is -0.480 e. The zero-order chi connectivity index (χ0) is 20.5. The summed E-state index contributed by atoms with van der Waals surface area (Å²) in [7, 11) is 0. The number of rotatable bonds is 7. The third kappa shape index (κ3) is 4.16. The molecule has 7 nitrogen and oxygen atoms in total. The number of hydrogen-bond donors (Lipinski definition) is 2. The summed E-state index contributed by atoms with van der Waals surface area (Å²) in [5.41, 5.74) is 7.25. The van der Waals surface area contributed by atoms with Crippen molar-refractivity contribution in [3.05, 3.63) is 41.3 Å². The summed E-state index contributed by atoms with van der Waals surface area (Å²) in [5.74, 6) is -0.694. The number of nitrogens with two attached hydrogens (primary N) is 1. The predicted octanol–water partition coefficient (Wildman–Crippen LogP) is 3.37. The second-order valence-corrected chi connectivity index (χ2v) is 7.83. The third-order valence-electron chi connectivity index (χ3n) is 4.85. The van der Waals surface area contributed by atoms with Crippen LogP contribution in [0.4, 0.5) is 4.39 Å². The quantitative estimate of drug-likeness (QED) is 0.528. The van der Waals surface area contributed by atoms with Crippen LogP contribution in [-0.2, 0) is 10.2 Å². The van der Waals surface area contributed by atoms with Crippen molar-refractivity contribution < 1.29 is 18.8 Å². The van der Waals surface area contributed by atoms with Crippen LogP contribution in [0.1, 0.15) is 44.8 Å². The van der Waals surface area contributed by atoms with E-state index in [1.807, 2.05) is 13.8 Å². The second-order valence-electron chi connectivity index (χ2n) is 7.30. The number of carboxylic acid groups (broad SMARTS) is 1. The molecule has 0 amide bonds. The molecule has 0 aliphatic heterocycles. The number of aliphatic carboxylic acids is 1. The van der Waals surface area contributed by atoms with Crippen LogP contribution in [0, 0.1) is 5.92 Å². The number of aromatic nitrogens is 2. The smallest absolute Gasteiger partial charge is 0.325 e. The second kappa shape index (κ2) is 7.87. The van der Waals surface area contributed by atoms with Crippen molar-refractivity contribution in [2.75, 3.05) is 6.54 Å². The maximum absolute atomic E-state index is 13.4. The molecule has 9 heteroatoms. The zero-order valence-electron chi connectivity index (χ0n) is 15.7. The number of hydrogen-bond acceptors (Lipinski definition) is 6. The van der Waals surface area contributed by atoms with E-state index in [0.29, 0.717) is 11.5 Å². The van der Waals surface area contributed by atoms with Crippen molar-refractivity contribution in [2.24, 2.45) is 16.6 Å². The largest absolute Gasteiger partial charge is 0.480 e. The van der Waals surface area contributed by atoms with Gasteiger partial charge in [0.1, 0.15) is 12.4 Å². The highest BCUT2D eigenvalue weighted by molar-refractivity contribution is 6.23. The van der Waals surface area contributed by atoms with Crippen molar-refractivity contribution in [1.82, 2.24) is 10.1 Å². The van der Waals surface area contributed by atoms with Gasteiger partial charge in [0.05, 0.1) is 16.5 Å². The molecule has 1 unspecified atom stereocenters. The number of nitrogens with zero attached hydrogens (tertiary/aromatic N) is 3. The van der Waals surface area contributed by atoms with Crippen LogP contribution < -0.4 is 5.73 Å². The van der Waals surface area contributed by atoms with Crippen molar-refractivity contribution in [2.45, 2.75) is 43.9 Å². The van der Waals surface area contributed by atoms with Crippen LogP contribution in [0.15, 0.2) is 39.1 Å². The molecule has 2 aliphatic rings. The first-order valence-corrected chi connectivity index (χ1v) is 9.45. The van der Waals surface area contributed by atoms with E-state index in [-0.39, 0.29) is 36.3 Å². The lowest BCUT2D eigenvalue weighted by Gasteiger charge is -2.22. The lowest BCUT2D eigenvalue weighted by atomic mass is 9.88. The third-order valence-corrected chi connectivity index (χ3v) is 5.24. The molecule has 0 spiro atoms. The summed E-state index contributed by atoms with van der Waals surface area (Å²) in [6.45, 7) is 3.42. The summed E-state index contributed by atoms with van der Waals surface area (Å²) in [6, 6.07) is 0. The summed E-state index contributed by atoms with van der Waals surface area (Å²) >= 11 is 6.35. The van der Waals surface area contributed by atoms with Crippen molar-refractivity contribution >= 4 is 29.0 Å². The molecule has 1 heterocycles. The average molecular weight is 409 g/mol. The number of carboxylic acids is 1. The van der Waals surface area contributed by atoms with Gasteiger partial charge in [-0.25, -0.2) is 4.39 Å². The van der Waals surface area contributed by atoms with Crippen molar-refractivity contribution in [1.29, 1.82) is 0 Å². The highest BCUT2D eigenvalue weighted by atomic mass is 35.5. The molecule has 3 N–H and O–H groups in total. The lowest BCUT2D eigenvalue weighted by Crippen LogP contribution is -2.22. The number of alkyl halides is 1. The monoisotopic (exact) mass is 408 g/mol. The van der Waals surface area contributed by atoms with Crippen LogP contribution in [0.5, 0.6) is 0 Å². The average Bonchev–Trinajstić information content (AvgIpc) is 3.25. The van der Waals surface area contributed by atoms with E-state index >= 15 is 0 Å². The van der Waals surface area contributed by atoms with Gasteiger partial charge in [-0.3, -0.25) is 9.79 Å². The first kappa shape index (κ1) is 20.3. The number of halogens is 2. The number of aliphatic imine (C=N–C) groups is 1. The van der Waals surface area contributed by atoms with Gasteiger partial charge in [0.2, 0.25) is 0 Å². The Morgan fingerprint density at radius 1 is 1.54 bits per heavy atom. The SMILES string of the molecule is CC(C)C(/C=C(\N)c1nc(C2(C3=CC=C(F)CC3Cl)CC2)no1)=NCC(=O)O. The van der Waals surface area contributed by atoms with E-state index in [2.05, 4.69) is 15.1 Å². The maximum atomic E-state index is 13.4. The standard InChI is InChI=1S/C19H22ClFN4O3/c1-10(2)15(23-9-16(26)27)8-14(22)17-24-18(25-28-17)19(5-6-19)12-4-3-11(21)7-13(12)20/h3-4,8,10,13H,5-7,9,22H2,1-2H3,(H,26,27)/b14-8-,23-15?. The fraction of sp³-hybridized carbons (Fsp3) is 0.474. The van der Waals surface area contributed by atoms with Gasteiger partial charge < -0.3 is 15.4 Å². The Bertz CT molecular complexity index is 897. The molecule has 150 valence electrons. The van der Waals surface area contributed by atoms with Gasteiger partial charge in [0.15, 0.2) is 5.82 Å². The number of carbonyl (C=O) groups is 1. The molecule has 1 atom stereocenters. The summed E-state index contributed by atoms with van der Waals surface area (Å²) < 4.78 is 18.8. The molecule has 0 radical (unpaired) electrons. The minimum atomic E-state index is -1.03. The first-order chi connectivity index (χ1) is 13.2. The Balaban J connectivity index is 1.86. The van der Waals surface area contributed by atoms with Gasteiger partial charge in [0.25, 0.3) is 5.89 Å². The molecule has 0 bridgehead atoms. The van der Waals surface area contributed by atoms with E-state index in [9.17, 15) is 9.18 Å². The van der Waals surface area contributed by atoms with Gasteiger partial charge in [-0.05, 0) is 36.5 Å². The summed E-state index contributed by atoms with van der Waals surface area (Å²) in [6.07, 6.45) is 6.44. The molecule has 1 fully saturated rings. The van der Waals surface area contributed by atoms with Crippen LogP contribution in [0.25, 0.3) is 5.70 Å². The molecule has 0 saturated heterocycles. The van der Waals surface area contributed by atoms with Crippen LogP contribution in [-0.4, -0.2) is 38.9 Å². The fourth-order valence-corrected chi connectivity index (χ4v) is 3.60. The molecular formula is C19H22ClFN4O3. The Kier molecular flexibility index (Phi) is 5.69. The minimum absolute atomic E-state index is 0.0267. The van der Waals surface area contributed by atoms with E-state index < -0.39 is 16.8 Å². The van der Waals surface area contributed by atoms with Gasteiger partial charge >= 0.3 is 5.97 Å². The van der Waals surface area contributed by atoms with Crippen LogP contribution in [0.2, 0.25) is 0 Å². The summed E-state index contributed by atoms with van der Waals surface area (Å²) in [4.78, 5) is 19.2. The Labute approximate surface area is 166 Å². The highest BCUT2D eigenvalue weighted by Crippen LogP contribution is 2.55. The Morgan fingerprint density at radius 3 is 2.82 bits per heavy atom. The van der Waals surface area contributed by atoms with E-state index in [0.717, 1.165) is 18.4 Å². The molecule has 1 aromatic heterocycles. The van der Waals surface area contributed by atoms with Gasteiger partial charge in [-0.2, -0.15) is 4.98 Å².